The zero-order valence-electron chi connectivity index (χ0n) is 20.5. The number of hydrogen-bond donors (Lipinski definition) is 1. The van der Waals surface area contributed by atoms with Crippen molar-refractivity contribution in [2.45, 2.75) is 10.6 Å². The van der Waals surface area contributed by atoms with Crippen molar-refractivity contribution in [2.75, 3.05) is 23.1 Å². The summed E-state index contributed by atoms with van der Waals surface area (Å²) in [6, 6.07) is 31.6. The molecule has 196 valence electrons. The molecule has 0 unspecified atom stereocenters. The lowest BCUT2D eigenvalue weighted by Gasteiger charge is -2.24. The number of thioether (sulfide) groups is 1. The van der Waals surface area contributed by atoms with Crippen LogP contribution in [0.25, 0.3) is 0 Å². The van der Waals surface area contributed by atoms with E-state index < -0.39 is 15.9 Å². The van der Waals surface area contributed by atoms with Gasteiger partial charge in [-0.25, -0.2) is 8.42 Å². The van der Waals surface area contributed by atoms with Crippen molar-refractivity contribution in [1.82, 2.24) is 5.32 Å². The highest BCUT2D eigenvalue weighted by Gasteiger charge is 2.27. The van der Waals surface area contributed by atoms with Gasteiger partial charge in [0.2, 0.25) is 5.91 Å². The molecule has 0 saturated carbocycles. The molecule has 1 N–H and O–H groups in total. The molecular weight excluding hydrogens is 540 g/mol. The van der Waals surface area contributed by atoms with Gasteiger partial charge in [0, 0.05) is 23.1 Å². The molecule has 0 aliphatic rings. The Morgan fingerprint density at radius 1 is 0.816 bits per heavy atom. The van der Waals surface area contributed by atoms with Crippen molar-refractivity contribution in [3.8, 4) is 11.5 Å². The highest BCUT2D eigenvalue weighted by molar-refractivity contribution is 7.98. The van der Waals surface area contributed by atoms with Gasteiger partial charge in [-0.15, -0.1) is 0 Å². The average molecular weight is 567 g/mol. The molecule has 0 aromatic heterocycles. The Balaban J connectivity index is 1.42. The van der Waals surface area contributed by atoms with Crippen LogP contribution in [-0.2, 0) is 20.6 Å². The highest BCUT2D eigenvalue weighted by Crippen LogP contribution is 2.28. The summed E-state index contributed by atoms with van der Waals surface area (Å²) in [7, 11) is -3.99. The predicted molar refractivity (Wildman–Crippen MR) is 155 cm³/mol. The van der Waals surface area contributed by atoms with Gasteiger partial charge in [0.15, 0.2) is 0 Å². The van der Waals surface area contributed by atoms with Crippen LogP contribution in [0.2, 0.25) is 5.02 Å². The Morgan fingerprint density at radius 2 is 1.42 bits per heavy atom. The normalized spacial score (nSPS) is 11.1. The van der Waals surface area contributed by atoms with Crippen molar-refractivity contribution >= 4 is 45.0 Å². The van der Waals surface area contributed by atoms with Crippen LogP contribution in [0.3, 0.4) is 0 Å². The molecule has 9 heteroatoms. The zero-order chi connectivity index (χ0) is 26.8. The second-order valence-electron chi connectivity index (χ2n) is 8.23. The van der Waals surface area contributed by atoms with Gasteiger partial charge in [0.25, 0.3) is 10.0 Å². The van der Waals surface area contributed by atoms with Gasteiger partial charge >= 0.3 is 0 Å². The number of amides is 1. The third-order valence-corrected chi connectivity index (χ3v) is 8.67. The summed E-state index contributed by atoms with van der Waals surface area (Å²) in [6.45, 7) is 0.0440. The maximum Gasteiger partial charge on any atom is 0.264 e. The molecule has 0 bridgehead atoms. The second-order valence-corrected chi connectivity index (χ2v) is 11.6. The van der Waals surface area contributed by atoms with Crippen molar-refractivity contribution in [3.63, 3.8) is 0 Å². The SMILES string of the molecule is O=C(CN(c1ccc(Oc2ccccc2)cc1)S(=O)(=O)c1ccccc1)NCCSCc1ccccc1Cl. The van der Waals surface area contributed by atoms with E-state index in [4.69, 9.17) is 16.3 Å². The molecule has 0 heterocycles. The van der Waals surface area contributed by atoms with E-state index in [0.717, 1.165) is 15.6 Å². The van der Waals surface area contributed by atoms with Crippen molar-refractivity contribution < 1.29 is 17.9 Å². The summed E-state index contributed by atoms with van der Waals surface area (Å²) in [5.74, 6) is 2.21. The monoisotopic (exact) mass is 566 g/mol. The number of hydrogen-bond acceptors (Lipinski definition) is 5. The molecule has 0 saturated heterocycles. The van der Waals surface area contributed by atoms with E-state index >= 15 is 0 Å². The van der Waals surface area contributed by atoms with Gasteiger partial charge < -0.3 is 10.1 Å². The van der Waals surface area contributed by atoms with Crippen molar-refractivity contribution in [1.29, 1.82) is 0 Å². The first-order valence-electron chi connectivity index (χ1n) is 11.9. The molecule has 0 aliphatic carbocycles. The third kappa shape index (κ3) is 7.54. The minimum absolute atomic E-state index is 0.104. The van der Waals surface area contributed by atoms with E-state index in [1.165, 1.54) is 12.1 Å². The minimum Gasteiger partial charge on any atom is -0.457 e. The quantitative estimate of drug-likeness (QED) is 0.201. The van der Waals surface area contributed by atoms with Gasteiger partial charge in [-0.2, -0.15) is 11.8 Å². The average Bonchev–Trinajstić information content (AvgIpc) is 2.94. The van der Waals surface area contributed by atoms with E-state index in [9.17, 15) is 13.2 Å². The first-order valence-corrected chi connectivity index (χ1v) is 14.9. The van der Waals surface area contributed by atoms with Crippen LogP contribution in [0.15, 0.2) is 114 Å². The lowest BCUT2D eigenvalue weighted by atomic mass is 10.2. The van der Waals surface area contributed by atoms with Gasteiger partial charge in [-0.1, -0.05) is 66.2 Å². The topological polar surface area (TPSA) is 75.7 Å². The lowest BCUT2D eigenvalue weighted by Crippen LogP contribution is -2.41. The lowest BCUT2D eigenvalue weighted by molar-refractivity contribution is -0.119. The fraction of sp³-hybridized carbons (Fsp3) is 0.138. The zero-order valence-corrected chi connectivity index (χ0v) is 22.9. The van der Waals surface area contributed by atoms with E-state index in [0.29, 0.717) is 34.5 Å². The maximum atomic E-state index is 13.5. The van der Waals surface area contributed by atoms with Crippen LogP contribution >= 0.6 is 23.4 Å². The standard InChI is InChI=1S/C29H27ClN2O4S2/c30-28-14-8-7-9-23(28)22-37-20-19-31-29(33)21-32(38(34,35)27-12-5-2-6-13-27)24-15-17-26(18-16-24)36-25-10-3-1-4-11-25/h1-18H,19-22H2,(H,31,33). The first kappa shape index (κ1) is 27.6. The molecule has 4 rings (SSSR count). The number of carbonyl (C=O) groups is 1. The molecule has 4 aromatic carbocycles. The smallest absolute Gasteiger partial charge is 0.264 e. The van der Waals surface area contributed by atoms with Gasteiger partial charge in [-0.05, 0) is 60.2 Å². The van der Waals surface area contributed by atoms with E-state index in [2.05, 4.69) is 5.32 Å². The Hall–Kier alpha value is -3.46. The number of para-hydroxylation sites is 1. The minimum atomic E-state index is -3.99. The van der Waals surface area contributed by atoms with Crippen LogP contribution in [-0.4, -0.2) is 33.2 Å². The molecule has 0 fully saturated rings. The molecule has 38 heavy (non-hydrogen) atoms. The summed E-state index contributed by atoms with van der Waals surface area (Å²) in [5.41, 5.74) is 1.39. The fourth-order valence-corrected chi connectivity index (χ4v) is 6.17. The van der Waals surface area contributed by atoms with Crippen LogP contribution < -0.4 is 14.4 Å². The Bertz CT molecular complexity index is 1430. The van der Waals surface area contributed by atoms with Crippen molar-refractivity contribution in [3.05, 3.63) is 120 Å². The molecular formula is C29H27ClN2O4S2. The third-order valence-electron chi connectivity index (χ3n) is 5.51. The van der Waals surface area contributed by atoms with E-state index in [1.54, 1.807) is 54.2 Å². The summed E-state index contributed by atoms with van der Waals surface area (Å²) in [4.78, 5) is 12.9. The number of halogens is 1. The Labute approximate surface area is 232 Å². The van der Waals surface area contributed by atoms with Crippen molar-refractivity contribution in [2.24, 2.45) is 0 Å². The van der Waals surface area contributed by atoms with E-state index in [-0.39, 0.29) is 11.4 Å². The van der Waals surface area contributed by atoms with Gasteiger partial charge in [0.05, 0.1) is 10.6 Å². The molecule has 0 atom stereocenters. The molecule has 6 nitrogen and oxygen atoms in total. The van der Waals surface area contributed by atoms with Crippen LogP contribution in [0.1, 0.15) is 5.56 Å². The van der Waals surface area contributed by atoms with Gasteiger partial charge in [0.1, 0.15) is 18.0 Å². The van der Waals surface area contributed by atoms with Crippen LogP contribution in [0.4, 0.5) is 5.69 Å². The summed E-state index contributed by atoms with van der Waals surface area (Å²) < 4.78 is 33.9. The largest absolute Gasteiger partial charge is 0.457 e. The molecule has 0 aliphatic heterocycles. The number of rotatable bonds is 12. The number of nitrogens with one attached hydrogen (secondary N) is 1. The molecule has 0 radical (unpaired) electrons. The summed E-state index contributed by atoms with van der Waals surface area (Å²) in [6.07, 6.45) is 0. The van der Waals surface area contributed by atoms with Gasteiger partial charge in [-0.3, -0.25) is 9.10 Å². The number of sulfonamides is 1. The van der Waals surface area contributed by atoms with E-state index in [1.807, 2.05) is 54.6 Å². The number of ether oxygens (including phenoxy) is 1. The molecule has 0 spiro atoms. The predicted octanol–water partition coefficient (Wildman–Crippen LogP) is 6.38. The Morgan fingerprint density at radius 3 is 2.11 bits per heavy atom. The molecule has 4 aromatic rings. The number of anilines is 1. The Kier molecular flexibility index (Phi) is 9.70. The molecule has 1 amide bonds. The summed E-state index contributed by atoms with van der Waals surface area (Å²) in [5, 5.41) is 3.54. The number of nitrogens with zero attached hydrogens (tertiary/aromatic N) is 1. The number of benzene rings is 4. The van der Waals surface area contributed by atoms with Crippen LogP contribution in [0.5, 0.6) is 11.5 Å². The first-order chi connectivity index (χ1) is 18.4. The second kappa shape index (κ2) is 13.4. The maximum absolute atomic E-state index is 13.5. The fourth-order valence-electron chi connectivity index (χ4n) is 3.59. The van der Waals surface area contributed by atoms with Crippen LogP contribution in [0, 0.1) is 0 Å². The highest BCUT2D eigenvalue weighted by atomic mass is 35.5. The summed E-state index contributed by atoms with van der Waals surface area (Å²) >= 11 is 7.83. The number of carbonyl (C=O) groups excluding carboxylic acids is 1.